The number of nitrogens with one attached hydrogen (secondary N) is 1. The second-order valence-electron chi connectivity index (χ2n) is 6.43. The predicted molar refractivity (Wildman–Crippen MR) is 77.4 cm³/mol. The van der Waals surface area contributed by atoms with Crippen molar-refractivity contribution in [1.82, 2.24) is 5.43 Å². The number of hydrazine groups is 1. The van der Waals surface area contributed by atoms with Gasteiger partial charge in [-0.1, -0.05) is 25.4 Å². The van der Waals surface area contributed by atoms with Crippen LogP contribution in [0, 0.1) is 11.3 Å². The smallest absolute Gasteiger partial charge is 0.125 e. The fraction of sp³-hybridized carbons (Fsp3) is 0.600. The SMILES string of the molecule is CC1(C)CC1C(Cc1cc(Cl)cc2c1OCC2)NN. The summed E-state index contributed by atoms with van der Waals surface area (Å²) in [7, 11) is 0. The largest absolute Gasteiger partial charge is 0.493 e. The molecular formula is C15H21ClN2O. The zero-order valence-corrected chi connectivity index (χ0v) is 12.3. The minimum Gasteiger partial charge on any atom is -0.493 e. The van der Waals surface area contributed by atoms with Crippen LogP contribution in [0.15, 0.2) is 12.1 Å². The average Bonchev–Trinajstić information content (AvgIpc) is 2.76. The van der Waals surface area contributed by atoms with Gasteiger partial charge >= 0.3 is 0 Å². The van der Waals surface area contributed by atoms with Crippen LogP contribution in [-0.4, -0.2) is 12.6 Å². The molecule has 2 aliphatic rings. The molecule has 1 aromatic rings. The maximum atomic E-state index is 6.20. The van der Waals surface area contributed by atoms with E-state index in [2.05, 4.69) is 19.3 Å². The van der Waals surface area contributed by atoms with Gasteiger partial charge in [0.15, 0.2) is 0 Å². The van der Waals surface area contributed by atoms with E-state index in [1.807, 2.05) is 12.1 Å². The lowest BCUT2D eigenvalue weighted by molar-refractivity contribution is 0.347. The van der Waals surface area contributed by atoms with Crippen molar-refractivity contribution >= 4 is 11.6 Å². The molecule has 19 heavy (non-hydrogen) atoms. The Labute approximate surface area is 119 Å². The van der Waals surface area contributed by atoms with Crippen LogP contribution in [0.5, 0.6) is 5.75 Å². The van der Waals surface area contributed by atoms with Gasteiger partial charge in [-0.05, 0) is 47.4 Å². The minimum absolute atomic E-state index is 0.293. The van der Waals surface area contributed by atoms with Crippen LogP contribution in [0.25, 0.3) is 0 Å². The normalized spacial score (nSPS) is 24.7. The first-order valence-electron chi connectivity index (χ1n) is 6.91. The van der Waals surface area contributed by atoms with E-state index in [-0.39, 0.29) is 0 Å². The van der Waals surface area contributed by atoms with Crippen LogP contribution < -0.4 is 16.0 Å². The molecule has 1 aliphatic heterocycles. The summed E-state index contributed by atoms with van der Waals surface area (Å²) in [5, 5.41) is 0.796. The van der Waals surface area contributed by atoms with E-state index in [0.717, 1.165) is 30.2 Å². The Balaban J connectivity index is 1.83. The minimum atomic E-state index is 0.293. The van der Waals surface area contributed by atoms with E-state index in [4.69, 9.17) is 22.2 Å². The van der Waals surface area contributed by atoms with Crippen molar-refractivity contribution in [1.29, 1.82) is 0 Å². The van der Waals surface area contributed by atoms with Crippen molar-refractivity contribution in [3.05, 3.63) is 28.3 Å². The molecule has 0 spiro atoms. The topological polar surface area (TPSA) is 47.3 Å². The van der Waals surface area contributed by atoms with Gasteiger partial charge in [0, 0.05) is 17.5 Å². The molecule has 104 valence electrons. The number of nitrogens with two attached hydrogens (primary N) is 1. The van der Waals surface area contributed by atoms with E-state index < -0.39 is 0 Å². The molecule has 4 heteroatoms. The fourth-order valence-electron chi connectivity index (χ4n) is 3.25. The Morgan fingerprint density at radius 1 is 1.53 bits per heavy atom. The summed E-state index contributed by atoms with van der Waals surface area (Å²) in [6.45, 7) is 5.35. The molecule has 0 bridgehead atoms. The Morgan fingerprint density at radius 3 is 2.89 bits per heavy atom. The third-order valence-corrected chi connectivity index (χ3v) is 4.77. The first-order valence-corrected chi connectivity index (χ1v) is 7.29. The summed E-state index contributed by atoms with van der Waals surface area (Å²) < 4.78 is 5.75. The number of rotatable bonds is 4. The van der Waals surface area contributed by atoms with Gasteiger partial charge in [0.05, 0.1) is 6.61 Å². The Hall–Kier alpha value is -0.770. The van der Waals surface area contributed by atoms with Gasteiger partial charge in [-0.3, -0.25) is 11.3 Å². The van der Waals surface area contributed by atoms with Gasteiger partial charge in [0.1, 0.15) is 5.75 Å². The van der Waals surface area contributed by atoms with Crippen molar-refractivity contribution < 1.29 is 4.74 Å². The van der Waals surface area contributed by atoms with E-state index >= 15 is 0 Å². The van der Waals surface area contributed by atoms with Gasteiger partial charge in [0.2, 0.25) is 0 Å². The zero-order chi connectivity index (χ0) is 13.6. The van der Waals surface area contributed by atoms with Gasteiger partial charge in [-0.15, -0.1) is 0 Å². The molecule has 3 nitrogen and oxygen atoms in total. The number of hydrogen-bond donors (Lipinski definition) is 2. The zero-order valence-electron chi connectivity index (χ0n) is 11.5. The molecule has 0 radical (unpaired) electrons. The molecule has 1 aliphatic carbocycles. The summed E-state index contributed by atoms with van der Waals surface area (Å²) in [6, 6.07) is 4.33. The summed E-state index contributed by atoms with van der Waals surface area (Å²) in [4.78, 5) is 0. The van der Waals surface area contributed by atoms with Gasteiger partial charge in [-0.2, -0.15) is 0 Å². The summed E-state index contributed by atoms with van der Waals surface area (Å²) >= 11 is 6.20. The Kier molecular flexibility index (Phi) is 3.24. The van der Waals surface area contributed by atoms with Crippen molar-refractivity contribution in [2.75, 3.05) is 6.61 Å². The maximum absolute atomic E-state index is 6.20. The number of hydrogen-bond acceptors (Lipinski definition) is 3. The van der Waals surface area contributed by atoms with Crippen LogP contribution in [0.4, 0.5) is 0 Å². The summed E-state index contributed by atoms with van der Waals surface area (Å²) in [5.74, 6) is 7.41. The lowest BCUT2D eigenvalue weighted by Gasteiger charge is -2.19. The molecule has 0 saturated heterocycles. The molecule has 2 unspecified atom stereocenters. The van der Waals surface area contributed by atoms with E-state index in [1.54, 1.807) is 0 Å². The highest BCUT2D eigenvalue weighted by Gasteiger charge is 2.49. The number of fused-ring (bicyclic) bond motifs is 1. The van der Waals surface area contributed by atoms with E-state index in [0.29, 0.717) is 17.4 Å². The van der Waals surface area contributed by atoms with Crippen LogP contribution in [0.3, 0.4) is 0 Å². The predicted octanol–water partition coefficient (Wildman–Crippen LogP) is 2.70. The highest BCUT2D eigenvalue weighted by Crippen LogP contribution is 2.54. The second kappa shape index (κ2) is 4.65. The Bertz CT molecular complexity index is 501. The molecule has 1 fully saturated rings. The molecule has 2 atom stereocenters. The first-order chi connectivity index (χ1) is 9.01. The number of benzene rings is 1. The number of halogens is 1. The van der Waals surface area contributed by atoms with Crippen LogP contribution in [0.1, 0.15) is 31.4 Å². The lowest BCUT2D eigenvalue weighted by atomic mass is 9.96. The van der Waals surface area contributed by atoms with Crippen LogP contribution >= 0.6 is 11.6 Å². The van der Waals surface area contributed by atoms with Gasteiger partial charge in [-0.25, -0.2) is 0 Å². The summed E-state index contributed by atoms with van der Waals surface area (Å²) in [5.41, 5.74) is 5.80. The van der Waals surface area contributed by atoms with E-state index in [1.165, 1.54) is 17.5 Å². The van der Waals surface area contributed by atoms with Crippen LogP contribution in [-0.2, 0) is 12.8 Å². The van der Waals surface area contributed by atoms with Crippen LogP contribution in [0.2, 0.25) is 5.02 Å². The standard InChI is InChI=1S/C15H21ClN2O/c1-15(2)8-12(15)13(18-17)7-10-6-11(16)5-9-3-4-19-14(9)10/h5-6,12-13,18H,3-4,7-8,17H2,1-2H3. The highest BCUT2D eigenvalue weighted by atomic mass is 35.5. The van der Waals surface area contributed by atoms with Crippen molar-refractivity contribution in [2.24, 2.45) is 17.2 Å². The molecular weight excluding hydrogens is 260 g/mol. The molecule has 0 amide bonds. The Morgan fingerprint density at radius 2 is 2.26 bits per heavy atom. The molecule has 0 aromatic heterocycles. The van der Waals surface area contributed by atoms with Gasteiger partial charge < -0.3 is 4.74 Å². The van der Waals surface area contributed by atoms with Gasteiger partial charge in [0.25, 0.3) is 0 Å². The molecule has 3 N–H and O–H groups in total. The molecule has 1 saturated carbocycles. The molecule has 1 aromatic carbocycles. The molecule has 3 rings (SSSR count). The van der Waals surface area contributed by atoms with Crippen molar-refractivity contribution in [3.63, 3.8) is 0 Å². The average molecular weight is 281 g/mol. The number of ether oxygens (including phenoxy) is 1. The summed E-state index contributed by atoms with van der Waals surface area (Å²) in [6.07, 6.45) is 3.07. The lowest BCUT2D eigenvalue weighted by Crippen LogP contribution is -2.39. The van der Waals surface area contributed by atoms with Crippen molar-refractivity contribution in [2.45, 2.75) is 39.2 Å². The quantitative estimate of drug-likeness (QED) is 0.658. The van der Waals surface area contributed by atoms with E-state index in [9.17, 15) is 0 Å². The molecule has 1 heterocycles. The highest BCUT2D eigenvalue weighted by molar-refractivity contribution is 6.30. The van der Waals surface area contributed by atoms with Crippen molar-refractivity contribution in [3.8, 4) is 5.75 Å². The maximum Gasteiger partial charge on any atom is 0.125 e. The monoisotopic (exact) mass is 280 g/mol. The third kappa shape index (κ3) is 2.47. The fourth-order valence-corrected chi connectivity index (χ4v) is 3.51. The third-order valence-electron chi connectivity index (χ3n) is 4.55. The first kappa shape index (κ1) is 13.2. The second-order valence-corrected chi connectivity index (χ2v) is 6.86.